The molecule has 0 spiro atoms. The van der Waals surface area contributed by atoms with E-state index in [2.05, 4.69) is 30.2 Å². The Bertz CT molecular complexity index is 1080. The number of hydrogen-bond donors (Lipinski definition) is 1. The van der Waals surface area contributed by atoms with Gasteiger partial charge in [0.05, 0.1) is 18.2 Å². The second-order valence-corrected chi connectivity index (χ2v) is 8.43. The normalized spacial score (nSPS) is 12.1. The molecule has 186 valence electrons. The number of methoxy groups -OCH3 is 1. The van der Waals surface area contributed by atoms with Gasteiger partial charge in [0.15, 0.2) is 6.73 Å². The van der Waals surface area contributed by atoms with Gasteiger partial charge in [0.2, 0.25) is 5.78 Å². The van der Waals surface area contributed by atoms with E-state index in [9.17, 15) is 18.8 Å². The highest BCUT2D eigenvalue weighted by atomic mass is 32.2. The summed E-state index contributed by atoms with van der Waals surface area (Å²) in [5, 5.41) is 0.275. The number of halogens is 1. The van der Waals surface area contributed by atoms with Crippen molar-refractivity contribution in [3.63, 3.8) is 0 Å². The van der Waals surface area contributed by atoms with Gasteiger partial charge in [-0.15, -0.1) is 11.8 Å². The van der Waals surface area contributed by atoms with Crippen LogP contribution in [-0.4, -0.2) is 46.7 Å². The molecule has 0 aliphatic rings. The second-order valence-electron chi connectivity index (χ2n) is 7.63. The lowest BCUT2D eigenvalue weighted by Crippen LogP contribution is -2.37. The SMILES string of the molecule is C=C(N=C(SC)C(=O)c1cn(COC(=O)C(N)C(C)C)c2ccc(F)cc12)C(=O)OC.CCC. The first kappa shape index (κ1) is 29.1. The van der Waals surface area contributed by atoms with E-state index in [1.165, 1.54) is 42.5 Å². The summed E-state index contributed by atoms with van der Waals surface area (Å²) >= 11 is 1.00. The van der Waals surface area contributed by atoms with Crippen LogP contribution < -0.4 is 5.73 Å². The minimum Gasteiger partial charge on any atom is -0.464 e. The molecule has 2 N–H and O–H groups in total. The summed E-state index contributed by atoms with van der Waals surface area (Å²) in [4.78, 5) is 40.7. The molecule has 1 aromatic heterocycles. The maximum absolute atomic E-state index is 13.9. The summed E-state index contributed by atoms with van der Waals surface area (Å²) in [5.41, 5.74) is 6.16. The number of carbonyl (C=O) groups is 3. The van der Waals surface area contributed by atoms with Crippen molar-refractivity contribution >= 4 is 45.4 Å². The first-order valence-electron chi connectivity index (χ1n) is 10.7. The Balaban J connectivity index is 0.00000182. The number of carbonyl (C=O) groups excluding carboxylic acids is 3. The average Bonchev–Trinajstić information content (AvgIpc) is 3.17. The third-order valence-corrected chi connectivity index (χ3v) is 5.13. The zero-order valence-corrected chi connectivity index (χ0v) is 21.2. The number of thioether (sulfide) groups is 1. The van der Waals surface area contributed by atoms with Crippen molar-refractivity contribution in [1.82, 2.24) is 4.57 Å². The molecule has 0 fully saturated rings. The number of aliphatic imine (C=N–C) groups is 1. The smallest absolute Gasteiger partial charge is 0.356 e. The molecule has 0 bridgehead atoms. The van der Waals surface area contributed by atoms with Gasteiger partial charge >= 0.3 is 11.9 Å². The minimum absolute atomic E-state index is 0.0301. The number of ketones is 1. The summed E-state index contributed by atoms with van der Waals surface area (Å²) in [6.45, 7) is 11.1. The molecule has 1 unspecified atom stereocenters. The van der Waals surface area contributed by atoms with Crippen LogP contribution in [0.1, 0.15) is 44.5 Å². The topological polar surface area (TPSA) is 113 Å². The number of esters is 2. The number of nitrogens with zero attached hydrogens (tertiary/aromatic N) is 2. The van der Waals surface area contributed by atoms with E-state index in [0.29, 0.717) is 10.9 Å². The molecule has 0 aliphatic heterocycles. The standard InChI is InChI=1S/C21H24FN3O5S.C3H8/c1-11(2)17(23)21(28)30-10-25-9-15(14-8-13(22)6-7-16(14)25)18(26)19(31-5)24-12(3)20(27)29-4;1-3-2/h6-9,11,17H,3,10,23H2,1-2,4-5H3;3H2,1-2H3. The summed E-state index contributed by atoms with van der Waals surface area (Å²) < 4.78 is 25.2. The van der Waals surface area contributed by atoms with E-state index in [4.69, 9.17) is 10.5 Å². The first-order valence-corrected chi connectivity index (χ1v) is 11.9. The number of fused-ring (bicyclic) bond motifs is 1. The Morgan fingerprint density at radius 2 is 1.88 bits per heavy atom. The Labute approximate surface area is 203 Å². The van der Waals surface area contributed by atoms with Gasteiger partial charge in [-0.1, -0.05) is 40.7 Å². The van der Waals surface area contributed by atoms with Gasteiger partial charge in [0, 0.05) is 11.6 Å². The molecule has 0 amide bonds. The van der Waals surface area contributed by atoms with Gasteiger partial charge < -0.3 is 19.8 Å². The lowest BCUT2D eigenvalue weighted by Gasteiger charge is -2.15. The lowest BCUT2D eigenvalue weighted by molar-refractivity contribution is -0.150. The maximum Gasteiger partial charge on any atom is 0.356 e. The van der Waals surface area contributed by atoms with E-state index >= 15 is 0 Å². The lowest BCUT2D eigenvalue weighted by atomic mass is 10.1. The summed E-state index contributed by atoms with van der Waals surface area (Å²) in [5.74, 6) is -2.56. The van der Waals surface area contributed by atoms with Crippen molar-refractivity contribution in [3.05, 3.63) is 48.1 Å². The Morgan fingerprint density at radius 3 is 2.41 bits per heavy atom. The third kappa shape index (κ3) is 7.53. The van der Waals surface area contributed by atoms with Gasteiger partial charge in [0.1, 0.15) is 22.6 Å². The minimum atomic E-state index is -0.792. The summed E-state index contributed by atoms with van der Waals surface area (Å²) in [7, 11) is 1.17. The van der Waals surface area contributed by atoms with E-state index < -0.39 is 29.6 Å². The van der Waals surface area contributed by atoms with E-state index in [0.717, 1.165) is 11.8 Å². The number of hydrogen-bond acceptors (Lipinski definition) is 8. The van der Waals surface area contributed by atoms with Crippen LogP contribution in [0, 0.1) is 11.7 Å². The van der Waals surface area contributed by atoms with Crippen LogP contribution in [0.4, 0.5) is 4.39 Å². The van der Waals surface area contributed by atoms with Crippen LogP contribution in [0.15, 0.2) is 41.7 Å². The largest absolute Gasteiger partial charge is 0.464 e. The molecule has 2 rings (SSSR count). The molecule has 0 aliphatic carbocycles. The average molecular weight is 494 g/mol. The number of rotatable bonds is 8. The molecule has 10 heteroatoms. The molecule has 0 saturated carbocycles. The van der Waals surface area contributed by atoms with Gasteiger partial charge in [-0.2, -0.15) is 0 Å². The molecule has 2 aromatic rings. The van der Waals surface area contributed by atoms with Crippen LogP contribution in [0.3, 0.4) is 0 Å². The fourth-order valence-corrected chi connectivity index (χ4v) is 3.15. The number of Topliss-reactive ketones (excluding diaryl/α,β-unsaturated/α-hetero) is 1. The fourth-order valence-electron chi connectivity index (χ4n) is 2.65. The van der Waals surface area contributed by atoms with Crippen LogP contribution in [0.25, 0.3) is 10.9 Å². The van der Waals surface area contributed by atoms with E-state index in [1.54, 1.807) is 20.1 Å². The molecule has 0 saturated heterocycles. The maximum atomic E-state index is 13.9. The number of benzene rings is 1. The van der Waals surface area contributed by atoms with Crippen molar-refractivity contribution in [3.8, 4) is 0 Å². The number of ether oxygens (including phenoxy) is 2. The molecule has 1 heterocycles. The zero-order chi connectivity index (χ0) is 26.0. The first-order chi connectivity index (χ1) is 16.0. The van der Waals surface area contributed by atoms with Gasteiger partial charge in [0.25, 0.3) is 0 Å². The summed E-state index contributed by atoms with van der Waals surface area (Å²) in [6, 6.07) is 3.12. The quantitative estimate of drug-likeness (QED) is 0.192. The molecule has 0 radical (unpaired) electrons. The predicted octanol–water partition coefficient (Wildman–Crippen LogP) is 4.31. The van der Waals surface area contributed by atoms with Gasteiger partial charge in [-0.3, -0.25) is 9.59 Å². The highest BCUT2D eigenvalue weighted by molar-refractivity contribution is 8.15. The van der Waals surface area contributed by atoms with Crippen molar-refractivity contribution in [1.29, 1.82) is 0 Å². The zero-order valence-electron chi connectivity index (χ0n) is 20.4. The number of aromatic nitrogens is 1. The fraction of sp³-hybridized carbons (Fsp3) is 0.417. The van der Waals surface area contributed by atoms with E-state index in [-0.39, 0.29) is 29.0 Å². The van der Waals surface area contributed by atoms with Gasteiger partial charge in [-0.25, -0.2) is 14.2 Å². The predicted molar refractivity (Wildman–Crippen MR) is 133 cm³/mol. The van der Waals surface area contributed by atoms with Crippen LogP contribution >= 0.6 is 11.8 Å². The van der Waals surface area contributed by atoms with Crippen molar-refractivity contribution in [2.24, 2.45) is 16.6 Å². The number of nitrogens with two attached hydrogens (primary N) is 1. The molecular formula is C24H32FN3O5S. The Morgan fingerprint density at radius 1 is 1.26 bits per heavy atom. The highest BCUT2D eigenvalue weighted by Crippen LogP contribution is 2.25. The highest BCUT2D eigenvalue weighted by Gasteiger charge is 2.23. The van der Waals surface area contributed by atoms with Crippen molar-refractivity contribution < 1.29 is 28.2 Å². The summed E-state index contributed by atoms with van der Waals surface area (Å²) in [6.07, 6.45) is 4.30. The molecule has 1 atom stereocenters. The monoisotopic (exact) mass is 493 g/mol. The Hall–Kier alpha value is -2.98. The molecular weight excluding hydrogens is 461 g/mol. The molecule has 34 heavy (non-hydrogen) atoms. The van der Waals surface area contributed by atoms with Crippen LogP contribution in [0.2, 0.25) is 0 Å². The van der Waals surface area contributed by atoms with Crippen LogP contribution in [0.5, 0.6) is 0 Å². The van der Waals surface area contributed by atoms with Gasteiger partial charge in [-0.05, 0) is 30.4 Å². The van der Waals surface area contributed by atoms with Crippen molar-refractivity contribution in [2.45, 2.75) is 46.9 Å². The van der Waals surface area contributed by atoms with E-state index in [1.807, 2.05) is 0 Å². The Kier molecular flexibility index (Phi) is 11.7. The van der Waals surface area contributed by atoms with Crippen LogP contribution in [-0.2, 0) is 25.8 Å². The second kappa shape index (κ2) is 13.7. The van der Waals surface area contributed by atoms with Crippen molar-refractivity contribution in [2.75, 3.05) is 13.4 Å². The third-order valence-electron chi connectivity index (χ3n) is 4.47. The molecule has 8 nitrogen and oxygen atoms in total. The molecule has 1 aromatic carbocycles.